The summed E-state index contributed by atoms with van der Waals surface area (Å²) in [6.45, 7) is 4.73. The topological polar surface area (TPSA) is 83.6 Å². The lowest BCUT2D eigenvalue weighted by Gasteiger charge is -2.33. The summed E-state index contributed by atoms with van der Waals surface area (Å²) >= 11 is 0. The molecule has 0 bridgehead atoms. The Kier molecular flexibility index (Phi) is 4.37. The second-order valence-electron chi connectivity index (χ2n) is 6.68. The predicted molar refractivity (Wildman–Crippen MR) is 76.0 cm³/mol. The van der Waals surface area contributed by atoms with E-state index in [4.69, 9.17) is 5.73 Å². The smallest absolute Gasteiger partial charge is 0.311 e. The van der Waals surface area contributed by atoms with Crippen molar-refractivity contribution < 1.29 is 14.7 Å². The summed E-state index contributed by atoms with van der Waals surface area (Å²) in [7, 11) is 0. The molecular weight excluding hydrogens is 256 g/mol. The second kappa shape index (κ2) is 5.72. The van der Waals surface area contributed by atoms with Gasteiger partial charge in [-0.2, -0.15) is 0 Å². The van der Waals surface area contributed by atoms with Gasteiger partial charge in [0.05, 0.1) is 11.3 Å². The summed E-state index contributed by atoms with van der Waals surface area (Å²) in [5.41, 5.74) is 5.29. The number of carbonyl (C=O) groups excluding carboxylic acids is 1. The van der Waals surface area contributed by atoms with Gasteiger partial charge in [0.15, 0.2) is 0 Å². The van der Waals surface area contributed by atoms with Crippen LogP contribution in [0.5, 0.6) is 0 Å². The number of nitrogens with zero attached hydrogens (tertiary/aromatic N) is 1. The number of amides is 1. The average Bonchev–Trinajstić information content (AvgIpc) is 2.85. The molecule has 114 valence electrons. The standard InChI is InChI=1S/C15H26N2O3/c1-10(2)15(14(19)20)7-8-17(9-15)13(18)11-5-3-4-6-12(11)16/h10-12H,3-9,16H2,1-2H3,(H,19,20). The van der Waals surface area contributed by atoms with Gasteiger partial charge in [-0.1, -0.05) is 26.7 Å². The zero-order chi connectivity index (χ0) is 14.9. The number of nitrogens with two attached hydrogens (primary N) is 1. The molecule has 2 aliphatic rings. The molecule has 1 saturated heterocycles. The lowest BCUT2D eigenvalue weighted by molar-refractivity contribution is -0.151. The van der Waals surface area contributed by atoms with Gasteiger partial charge in [0.25, 0.3) is 0 Å². The summed E-state index contributed by atoms with van der Waals surface area (Å²) in [4.78, 5) is 25.9. The number of carboxylic acids is 1. The van der Waals surface area contributed by atoms with Gasteiger partial charge in [0.2, 0.25) is 5.91 Å². The number of aliphatic carboxylic acids is 1. The van der Waals surface area contributed by atoms with Gasteiger partial charge in [0.1, 0.15) is 0 Å². The van der Waals surface area contributed by atoms with Gasteiger partial charge in [-0.15, -0.1) is 0 Å². The van der Waals surface area contributed by atoms with Crippen molar-refractivity contribution in [2.75, 3.05) is 13.1 Å². The van der Waals surface area contributed by atoms with Gasteiger partial charge >= 0.3 is 5.97 Å². The van der Waals surface area contributed by atoms with E-state index in [-0.39, 0.29) is 23.8 Å². The minimum atomic E-state index is -0.783. The zero-order valence-corrected chi connectivity index (χ0v) is 12.5. The average molecular weight is 282 g/mol. The molecule has 2 rings (SSSR count). The molecule has 0 aromatic rings. The van der Waals surface area contributed by atoms with Crippen LogP contribution in [0.2, 0.25) is 0 Å². The third kappa shape index (κ3) is 2.55. The third-order valence-electron chi connectivity index (χ3n) is 5.28. The molecular formula is C15H26N2O3. The summed E-state index contributed by atoms with van der Waals surface area (Å²) in [5, 5.41) is 9.53. The van der Waals surface area contributed by atoms with Crippen LogP contribution >= 0.6 is 0 Å². The summed E-state index contributed by atoms with van der Waals surface area (Å²) in [5.74, 6) is -0.796. The molecule has 0 spiro atoms. The van der Waals surface area contributed by atoms with Crippen LogP contribution in [-0.4, -0.2) is 41.0 Å². The molecule has 1 saturated carbocycles. The Morgan fingerprint density at radius 3 is 2.45 bits per heavy atom. The first kappa shape index (κ1) is 15.3. The van der Waals surface area contributed by atoms with Gasteiger partial charge in [0, 0.05) is 19.1 Å². The Bertz CT molecular complexity index is 397. The van der Waals surface area contributed by atoms with Crippen LogP contribution in [0.25, 0.3) is 0 Å². The first-order chi connectivity index (χ1) is 9.38. The minimum absolute atomic E-state index is 0.0258. The van der Waals surface area contributed by atoms with Crippen molar-refractivity contribution in [1.82, 2.24) is 4.90 Å². The van der Waals surface area contributed by atoms with E-state index in [1.54, 1.807) is 4.90 Å². The maximum atomic E-state index is 12.6. The molecule has 1 heterocycles. The summed E-state index contributed by atoms with van der Waals surface area (Å²) < 4.78 is 0. The normalized spacial score (nSPS) is 34.5. The van der Waals surface area contributed by atoms with E-state index in [0.717, 1.165) is 25.7 Å². The maximum Gasteiger partial charge on any atom is 0.311 e. The fourth-order valence-corrected chi connectivity index (χ4v) is 3.61. The first-order valence-electron chi connectivity index (χ1n) is 7.66. The van der Waals surface area contributed by atoms with Crippen LogP contribution in [0, 0.1) is 17.3 Å². The summed E-state index contributed by atoms with van der Waals surface area (Å²) in [6.07, 6.45) is 4.44. The SMILES string of the molecule is CC(C)C1(C(=O)O)CCN(C(=O)C2CCCCC2N)C1. The fourth-order valence-electron chi connectivity index (χ4n) is 3.61. The van der Waals surface area contributed by atoms with E-state index in [2.05, 4.69) is 0 Å². The molecule has 3 unspecified atom stereocenters. The van der Waals surface area contributed by atoms with E-state index < -0.39 is 11.4 Å². The monoisotopic (exact) mass is 282 g/mol. The van der Waals surface area contributed by atoms with Crippen molar-refractivity contribution in [2.24, 2.45) is 23.0 Å². The fraction of sp³-hybridized carbons (Fsp3) is 0.867. The lowest BCUT2D eigenvalue weighted by atomic mass is 9.76. The first-order valence-corrected chi connectivity index (χ1v) is 7.66. The molecule has 0 aromatic carbocycles. The quantitative estimate of drug-likeness (QED) is 0.821. The Balaban J connectivity index is 2.08. The van der Waals surface area contributed by atoms with E-state index >= 15 is 0 Å². The predicted octanol–water partition coefficient (Wildman–Crippen LogP) is 1.46. The van der Waals surface area contributed by atoms with Gasteiger partial charge in [-0.25, -0.2) is 0 Å². The Hall–Kier alpha value is -1.10. The van der Waals surface area contributed by atoms with Crippen LogP contribution in [-0.2, 0) is 9.59 Å². The summed E-state index contributed by atoms with van der Waals surface area (Å²) in [6, 6.07) is -0.0601. The van der Waals surface area contributed by atoms with Crippen LogP contribution < -0.4 is 5.73 Å². The van der Waals surface area contributed by atoms with Crippen molar-refractivity contribution in [3.63, 3.8) is 0 Å². The third-order valence-corrected chi connectivity index (χ3v) is 5.28. The molecule has 3 N–H and O–H groups in total. The molecule has 1 aliphatic carbocycles. The molecule has 20 heavy (non-hydrogen) atoms. The van der Waals surface area contributed by atoms with Crippen LogP contribution in [0.1, 0.15) is 46.0 Å². The van der Waals surface area contributed by atoms with E-state index in [9.17, 15) is 14.7 Å². The molecule has 0 radical (unpaired) electrons. The Morgan fingerprint density at radius 1 is 1.30 bits per heavy atom. The van der Waals surface area contributed by atoms with Crippen LogP contribution in [0.15, 0.2) is 0 Å². The van der Waals surface area contributed by atoms with Crippen LogP contribution in [0.4, 0.5) is 0 Å². The molecule has 1 amide bonds. The number of likely N-dealkylation sites (tertiary alicyclic amines) is 1. The Labute approximate surface area is 120 Å². The van der Waals surface area contributed by atoms with E-state index in [1.807, 2.05) is 13.8 Å². The minimum Gasteiger partial charge on any atom is -0.481 e. The van der Waals surface area contributed by atoms with Crippen molar-refractivity contribution in [3.8, 4) is 0 Å². The number of carboxylic acid groups (broad SMARTS) is 1. The molecule has 3 atom stereocenters. The van der Waals surface area contributed by atoms with E-state index in [0.29, 0.717) is 19.5 Å². The highest BCUT2D eigenvalue weighted by Gasteiger charge is 2.49. The largest absolute Gasteiger partial charge is 0.481 e. The number of hydrogen-bond donors (Lipinski definition) is 2. The number of rotatable bonds is 3. The lowest BCUT2D eigenvalue weighted by Crippen LogP contribution is -2.47. The van der Waals surface area contributed by atoms with Crippen molar-refractivity contribution in [3.05, 3.63) is 0 Å². The number of carbonyl (C=O) groups is 2. The highest BCUT2D eigenvalue weighted by Crippen LogP contribution is 2.39. The molecule has 2 fully saturated rings. The van der Waals surface area contributed by atoms with Crippen molar-refractivity contribution in [1.29, 1.82) is 0 Å². The number of hydrogen-bond acceptors (Lipinski definition) is 3. The maximum absolute atomic E-state index is 12.6. The van der Waals surface area contributed by atoms with Crippen molar-refractivity contribution >= 4 is 11.9 Å². The van der Waals surface area contributed by atoms with Gasteiger partial charge in [-0.3, -0.25) is 9.59 Å². The molecule has 0 aromatic heterocycles. The molecule has 1 aliphatic heterocycles. The van der Waals surface area contributed by atoms with Gasteiger partial charge < -0.3 is 15.7 Å². The van der Waals surface area contributed by atoms with Gasteiger partial charge in [-0.05, 0) is 25.2 Å². The zero-order valence-electron chi connectivity index (χ0n) is 12.5. The molecule has 5 nitrogen and oxygen atoms in total. The van der Waals surface area contributed by atoms with Crippen LogP contribution in [0.3, 0.4) is 0 Å². The highest BCUT2D eigenvalue weighted by atomic mass is 16.4. The highest BCUT2D eigenvalue weighted by molar-refractivity contribution is 5.83. The second-order valence-corrected chi connectivity index (χ2v) is 6.68. The molecule has 5 heteroatoms. The van der Waals surface area contributed by atoms with E-state index in [1.165, 1.54) is 0 Å². The Morgan fingerprint density at radius 2 is 1.95 bits per heavy atom. The van der Waals surface area contributed by atoms with Crippen molar-refractivity contribution in [2.45, 2.75) is 52.0 Å².